The van der Waals surface area contributed by atoms with Gasteiger partial charge in [0.2, 0.25) is 5.91 Å². The Balaban J connectivity index is 1.65. The molecule has 1 unspecified atom stereocenters. The van der Waals surface area contributed by atoms with Crippen molar-refractivity contribution < 1.29 is 14.6 Å². The standard InChI is InChI=1S/C31H43ClN2O3/c1-22-8-5-9-23(18-22)19-27-28(11-6-12-29(27)32)31(36,15-3-4-17-37-2)25-10-7-16-34(21-25)30(35)24-13-14-26(33)20-24/h5-6,8-9,11-12,18,24-26,36H,3-4,7,10,13-17,19-21,33H2,1-2H3/t24-,25-,26+,31?/m1/s1. The van der Waals surface area contributed by atoms with Crippen LogP contribution in [0.2, 0.25) is 5.02 Å². The number of unbranched alkanes of at least 4 members (excludes halogenated alkanes) is 1. The summed E-state index contributed by atoms with van der Waals surface area (Å²) >= 11 is 6.82. The first-order chi connectivity index (χ1) is 17.8. The summed E-state index contributed by atoms with van der Waals surface area (Å²) in [6.45, 7) is 4.08. The molecule has 1 aliphatic heterocycles. The number of methoxy groups -OCH3 is 1. The highest BCUT2D eigenvalue weighted by atomic mass is 35.5. The molecule has 2 aliphatic rings. The highest BCUT2D eigenvalue weighted by Gasteiger charge is 2.43. The van der Waals surface area contributed by atoms with Crippen molar-refractivity contribution in [3.8, 4) is 0 Å². The van der Waals surface area contributed by atoms with Crippen LogP contribution in [-0.2, 0) is 21.6 Å². The van der Waals surface area contributed by atoms with E-state index in [1.165, 1.54) is 11.1 Å². The Labute approximate surface area is 227 Å². The number of aryl methyl sites for hydroxylation is 1. The fourth-order valence-electron chi connectivity index (χ4n) is 6.44. The van der Waals surface area contributed by atoms with E-state index in [9.17, 15) is 9.90 Å². The van der Waals surface area contributed by atoms with Gasteiger partial charge in [-0.15, -0.1) is 0 Å². The number of nitrogens with two attached hydrogens (primary N) is 1. The molecular formula is C31H43ClN2O3. The largest absolute Gasteiger partial charge is 0.385 e. The first kappa shape index (κ1) is 28.1. The molecule has 37 heavy (non-hydrogen) atoms. The summed E-state index contributed by atoms with van der Waals surface area (Å²) < 4.78 is 5.29. The van der Waals surface area contributed by atoms with E-state index in [-0.39, 0.29) is 23.8 Å². The lowest BCUT2D eigenvalue weighted by atomic mass is 9.72. The van der Waals surface area contributed by atoms with Crippen molar-refractivity contribution >= 4 is 17.5 Å². The highest BCUT2D eigenvalue weighted by molar-refractivity contribution is 6.31. The van der Waals surface area contributed by atoms with Gasteiger partial charge in [0.25, 0.3) is 0 Å². The van der Waals surface area contributed by atoms with Gasteiger partial charge in [-0.3, -0.25) is 4.79 Å². The van der Waals surface area contributed by atoms with Crippen LogP contribution in [0, 0.1) is 18.8 Å². The van der Waals surface area contributed by atoms with E-state index in [4.69, 9.17) is 22.1 Å². The van der Waals surface area contributed by atoms with Crippen LogP contribution < -0.4 is 5.73 Å². The average Bonchev–Trinajstić information content (AvgIpc) is 3.33. The van der Waals surface area contributed by atoms with Gasteiger partial charge in [-0.25, -0.2) is 0 Å². The summed E-state index contributed by atoms with van der Waals surface area (Å²) in [5.41, 5.74) is 9.30. The fourth-order valence-corrected chi connectivity index (χ4v) is 6.68. The van der Waals surface area contributed by atoms with Crippen molar-refractivity contribution in [3.63, 3.8) is 0 Å². The predicted molar refractivity (Wildman–Crippen MR) is 150 cm³/mol. The highest BCUT2D eigenvalue weighted by Crippen LogP contribution is 2.43. The van der Waals surface area contributed by atoms with Crippen LogP contribution in [0.5, 0.6) is 0 Å². The smallest absolute Gasteiger partial charge is 0.225 e. The molecule has 202 valence electrons. The summed E-state index contributed by atoms with van der Waals surface area (Å²) in [4.78, 5) is 15.4. The number of amides is 1. The zero-order valence-corrected chi connectivity index (χ0v) is 23.2. The van der Waals surface area contributed by atoms with Crippen LogP contribution in [0.4, 0.5) is 0 Å². The van der Waals surface area contributed by atoms with Gasteiger partial charge >= 0.3 is 0 Å². The number of nitrogens with zero attached hydrogens (tertiary/aromatic N) is 1. The number of carbonyl (C=O) groups is 1. The molecule has 2 aromatic carbocycles. The Morgan fingerprint density at radius 2 is 2.00 bits per heavy atom. The topological polar surface area (TPSA) is 75.8 Å². The SMILES string of the molecule is COCCCCC(O)(c1cccc(Cl)c1Cc1cccc(C)c1)[C@@H]1CCCN(C(=O)[C@@H]2CC[C@H](N)C2)C1. The number of benzene rings is 2. The van der Waals surface area contributed by atoms with Crippen molar-refractivity contribution in [2.45, 2.75) is 76.4 Å². The third-order valence-corrected chi connectivity index (χ3v) is 8.79. The lowest BCUT2D eigenvalue weighted by Crippen LogP contribution is -2.49. The Kier molecular flexibility index (Phi) is 9.68. The van der Waals surface area contributed by atoms with Crippen LogP contribution in [0.3, 0.4) is 0 Å². The van der Waals surface area contributed by atoms with Crippen LogP contribution in [0.15, 0.2) is 42.5 Å². The summed E-state index contributed by atoms with van der Waals surface area (Å²) in [5.74, 6) is 0.176. The Bertz CT molecular complexity index is 1060. The molecule has 2 fully saturated rings. The molecule has 4 rings (SSSR count). The van der Waals surface area contributed by atoms with Gasteiger partial charge in [0, 0.05) is 49.7 Å². The number of likely N-dealkylation sites (tertiary alicyclic amines) is 1. The minimum Gasteiger partial charge on any atom is -0.385 e. The third-order valence-electron chi connectivity index (χ3n) is 8.44. The quantitative estimate of drug-likeness (QED) is 0.394. The predicted octanol–water partition coefficient (Wildman–Crippen LogP) is 5.61. The number of rotatable bonds is 10. The average molecular weight is 527 g/mol. The summed E-state index contributed by atoms with van der Waals surface area (Å²) in [7, 11) is 1.71. The lowest BCUT2D eigenvalue weighted by Gasteiger charge is -2.44. The van der Waals surface area contributed by atoms with Crippen molar-refractivity contribution in [2.75, 3.05) is 26.8 Å². The Morgan fingerprint density at radius 3 is 2.73 bits per heavy atom. The Morgan fingerprint density at radius 1 is 1.19 bits per heavy atom. The van der Waals surface area contributed by atoms with Gasteiger partial charge in [0.1, 0.15) is 0 Å². The molecule has 0 aromatic heterocycles. The molecule has 1 saturated carbocycles. The summed E-state index contributed by atoms with van der Waals surface area (Å²) in [6, 6.07) is 14.5. The molecule has 0 bridgehead atoms. The van der Waals surface area contributed by atoms with E-state index in [0.717, 1.165) is 62.6 Å². The number of hydrogen-bond acceptors (Lipinski definition) is 4. The molecular weight excluding hydrogens is 484 g/mol. The fraction of sp³-hybridized carbons (Fsp3) is 0.581. The van der Waals surface area contributed by atoms with Crippen molar-refractivity contribution in [1.29, 1.82) is 0 Å². The van der Waals surface area contributed by atoms with E-state index in [1.54, 1.807) is 7.11 Å². The minimum absolute atomic E-state index is 0.0200. The normalized spacial score (nSPS) is 23.7. The first-order valence-corrected chi connectivity index (χ1v) is 14.3. The molecule has 2 aromatic rings. The third kappa shape index (κ3) is 6.75. The van der Waals surface area contributed by atoms with Gasteiger partial charge in [-0.1, -0.05) is 53.6 Å². The number of halogens is 1. The van der Waals surface area contributed by atoms with Gasteiger partial charge < -0.3 is 20.5 Å². The van der Waals surface area contributed by atoms with Crippen molar-refractivity contribution in [1.82, 2.24) is 4.90 Å². The zero-order valence-electron chi connectivity index (χ0n) is 22.4. The molecule has 5 nitrogen and oxygen atoms in total. The van der Waals surface area contributed by atoms with Gasteiger partial charge in [-0.05, 0) is 87.5 Å². The van der Waals surface area contributed by atoms with Crippen LogP contribution >= 0.6 is 11.6 Å². The second-order valence-electron chi connectivity index (χ2n) is 11.2. The number of piperidine rings is 1. The first-order valence-electron chi connectivity index (χ1n) is 13.9. The summed E-state index contributed by atoms with van der Waals surface area (Å²) in [5, 5.41) is 13.3. The van der Waals surface area contributed by atoms with Crippen LogP contribution in [0.25, 0.3) is 0 Å². The maximum absolute atomic E-state index is 13.4. The van der Waals surface area contributed by atoms with E-state index in [0.29, 0.717) is 31.0 Å². The second kappa shape index (κ2) is 12.8. The molecule has 1 saturated heterocycles. The van der Waals surface area contributed by atoms with Gasteiger partial charge in [0.05, 0.1) is 5.60 Å². The zero-order chi connectivity index (χ0) is 26.4. The van der Waals surface area contributed by atoms with Crippen LogP contribution in [0.1, 0.15) is 73.6 Å². The molecule has 3 N–H and O–H groups in total. The molecule has 0 spiro atoms. The monoisotopic (exact) mass is 526 g/mol. The maximum Gasteiger partial charge on any atom is 0.225 e. The molecule has 1 aliphatic carbocycles. The molecule has 4 atom stereocenters. The van der Waals surface area contributed by atoms with E-state index < -0.39 is 5.60 Å². The lowest BCUT2D eigenvalue weighted by molar-refractivity contribution is -0.141. The molecule has 6 heteroatoms. The molecule has 1 amide bonds. The second-order valence-corrected chi connectivity index (χ2v) is 11.6. The van der Waals surface area contributed by atoms with Crippen molar-refractivity contribution in [2.24, 2.45) is 17.6 Å². The summed E-state index contributed by atoms with van der Waals surface area (Å²) in [6.07, 6.45) is 7.32. The van der Waals surface area contributed by atoms with E-state index >= 15 is 0 Å². The number of aliphatic hydroxyl groups is 1. The maximum atomic E-state index is 13.4. The van der Waals surface area contributed by atoms with Gasteiger partial charge in [-0.2, -0.15) is 0 Å². The minimum atomic E-state index is -1.08. The number of ether oxygens (including phenoxy) is 1. The number of carbonyl (C=O) groups excluding carboxylic acids is 1. The van der Waals surface area contributed by atoms with Crippen LogP contribution in [-0.4, -0.2) is 48.8 Å². The number of hydrogen-bond donors (Lipinski definition) is 2. The molecule has 1 heterocycles. The Hall–Kier alpha value is -1.92. The van der Waals surface area contributed by atoms with Gasteiger partial charge in [0.15, 0.2) is 0 Å². The molecule has 0 radical (unpaired) electrons. The van der Waals surface area contributed by atoms with E-state index in [2.05, 4.69) is 31.2 Å². The van der Waals surface area contributed by atoms with E-state index in [1.807, 2.05) is 23.1 Å². The van der Waals surface area contributed by atoms with Crippen molar-refractivity contribution in [3.05, 3.63) is 69.7 Å².